The Morgan fingerprint density at radius 1 is 1.33 bits per heavy atom. The van der Waals surface area contributed by atoms with Gasteiger partial charge in [0, 0.05) is 13.1 Å². The summed E-state index contributed by atoms with van der Waals surface area (Å²) in [6, 6.07) is 5.33. The standard InChI is InChI=1S/C13H18N2O3/c1-15(12(16)13(14)6-7-13)10-8-9(17-2)4-5-11(10)18-3/h4-5,8H,6-7,14H2,1-3H3. The average molecular weight is 250 g/mol. The number of methoxy groups -OCH3 is 2. The average Bonchev–Trinajstić information content (AvgIpc) is 3.15. The lowest BCUT2D eigenvalue weighted by Gasteiger charge is -2.23. The molecule has 2 N–H and O–H groups in total. The minimum atomic E-state index is -0.692. The van der Waals surface area contributed by atoms with Gasteiger partial charge in [0.05, 0.1) is 25.4 Å². The Hall–Kier alpha value is -1.75. The summed E-state index contributed by atoms with van der Waals surface area (Å²) < 4.78 is 10.4. The van der Waals surface area contributed by atoms with E-state index in [2.05, 4.69) is 0 Å². The second-order valence-electron chi connectivity index (χ2n) is 4.56. The third-order valence-corrected chi connectivity index (χ3v) is 3.27. The third kappa shape index (κ3) is 2.13. The minimum Gasteiger partial charge on any atom is -0.497 e. The van der Waals surface area contributed by atoms with E-state index in [4.69, 9.17) is 15.2 Å². The smallest absolute Gasteiger partial charge is 0.246 e. The molecule has 2 rings (SSSR count). The van der Waals surface area contributed by atoms with E-state index < -0.39 is 5.54 Å². The summed E-state index contributed by atoms with van der Waals surface area (Å²) in [4.78, 5) is 13.7. The predicted molar refractivity (Wildman–Crippen MR) is 69.1 cm³/mol. The molecule has 0 spiro atoms. The van der Waals surface area contributed by atoms with E-state index in [1.54, 1.807) is 39.5 Å². The van der Waals surface area contributed by atoms with Crippen LogP contribution in [0.25, 0.3) is 0 Å². The number of ether oxygens (including phenoxy) is 2. The van der Waals surface area contributed by atoms with Crippen LogP contribution in [0.15, 0.2) is 18.2 Å². The number of benzene rings is 1. The van der Waals surface area contributed by atoms with Gasteiger partial charge in [0.15, 0.2) is 0 Å². The highest BCUT2D eigenvalue weighted by Gasteiger charge is 2.48. The minimum absolute atomic E-state index is 0.0888. The predicted octanol–water partition coefficient (Wildman–Crippen LogP) is 1.16. The van der Waals surface area contributed by atoms with Gasteiger partial charge in [0.2, 0.25) is 5.91 Å². The van der Waals surface area contributed by atoms with E-state index >= 15 is 0 Å². The molecule has 0 radical (unpaired) electrons. The first kappa shape index (κ1) is 12.7. The molecule has 0 bridgehead atoms. The number of likely N-dealkylation sites (N-methyl/N-ethyl adjacent to an activating group) is 1. The number of anilines is 1. The molecule has 0 heterocycles. The monoisotopic (exact) mass is 250 g/mol. The zero-order valence-electron chi connectivity index (χ0n) is 10.9. The van der Waals surface area contributed by atoms with Gasteiger partial charge < -0.3 is 20.1 Å². The van der Waals surface area contributed by atoms with E-state index in [9.17, 15) is 4.79 Å². The van der Waals surface area contributed by atoms with Crippen LogP contribution in [0.4, 0.5) is 5.69 Å². The zero-order chi connectivity index (χ0) is 13.3. The molecule has 5 heteroatoms. The number of nitrogens with two attached hydrogens (primary N) is 1. The van der Waals surface area contributed by atoms with Crippen molar-refractivity contribution in [3.63, 3.8) is 0 Å². The lowest BCUT2D eigenvalue weighted by atomic mass is 10.2. The van der Waals surface area contributed by atoms with Gasteiger partial charge in [0.25, 0.3) is 0 Å². The molecule has 0 atom stereocenters. The fraction of sp³-hybridized carbons (Fsp3) is 0.462. The highest BCUT2D eigenvalue weighted by molar-refractivity contribution is 6.02. The molecule has 1 aliphatic rings. The number of hydrogen-bond donors (Lipinski definition) is 1. The van der Waals surface area contributed by atoms with Gasteiger partial charge in [-0.05, 0) is 25.0 Å². The molecular weight excluding hydrogens is 232 g/mol. The molecule has 1 aliphatic carbocycles. The van der Waals surface area contributed by atoms with Crippen LogP contribution in [-0.2, 0) is 4.79 Å². The molecule has 0 unspecified atom stereocenters. The fourth-order valence-electron chi connectivity index (χ4n) is 1.85. The summed E-state index contributed by atoms with van der Waals surface area (Å²) in [5, 5.41) is 0. The van der Waals surface area contributed by atoms with E-state index in [1.165, 1.54) is 4.90 Å². The molecule has 18 heavy (non-hydrogen) atoms. The Morgan fingerprint density at radius 2 is 2.00 bits per heavy atom. The molecule has 98 valence electrons. The summed E-state index contributed by atoms with van der Waals surface area (Å²) in [7, 11) is 4.85. The summed E-state index contributed by atoms with van der Waals surface area (Å²) in [5.41, 5.74) is 5.90. The van der Waals surface area contributed by atoms with Crippen molar-refractivity contribution in [1.82, 2.24) is 0 Å². The van der Waals surface area contributed by atoms with Gasteiger partial charge in [-0.1, -0.05) is 0 Å². The largest absolute Gasteiger partial charge is 0.497 e. The number of carbonyl (C=O) groups is 1. The van der Waals surface area contributed by atoms with Crippen LogP contribution in [-0.4, -0.2) is 32.7 Å². The normalized spacial score (nSPS) is 16.0. The maximum atomic E-state index is 12.2. The van der Waals surface area contributed by atoms with Crippen molar-refractivity contribution >= 4 is 11.6 Å². The zero-order valence-corrected chi connectivity index (χ0v) is 10.9. The van der Waals surface area contributed by atoms with Crippen LogP contribution >= 0.6 is 0 Å². The second kappa shape index (κ2) is 4.49. The van der Waals surface area contributed by atoms with Crippen molar-refractivity contribution in [2.24, 2.45) is 5.73 Å². The first-order chi connectivity index (χ1) is 8.51. The van der Waals surface area contributed by atoms with Crippen LogP contribution in [0.5, 0.6) is 11.5 Å². The number of carbonyl (C=O) groups excluding carboxylic acids is 1. The molecule has 1 aromatic rings. The molecule has 1 amide bonds. The number of rotatable bonds is 4. The molecule has 0 aliphatic heterocycles. The highest BCUT2D eigenvalue weighted by atomic mass is 16.5. The maximum Gasteiger partial charge on any atom is 0.246 e. The van der Waals surface area contributed by atoms with E-state index in [0.717, 1.165) is 12.8 Å². The van der Waals surface area contributed by atoms with E-state index in [1.807, 2.05) is 0 Å². The van der Waals surface area contributed by atoms with Crippen molar-refractivity contribution in [3.05, 3.63) is 18.2 Å². The van der Waals surface area contributed by atoms with Gasteiger partial charge in [-0.15, -0.1) is 0 Å². The van der Waals surface area contributed by atoms with Gasteiger partial charge in [-0.2, -0.15) is 0 Å². The molecule has 0 saturated heterocycles. The van der Waals surface area contributed by atoms with Crippen LogP contribution in [0, 0.1) is 0 Å². The topological polar surface area (TPSA) is 64.8 Å². The van der Waals surface area contributed by atoms with Crippen LogP contribution in [0.1, 0.15) is 12.8 Å². The van der Waals surface area contributed by atoms with Crippen molar-refractivity contribution in [2.45, 2.75) is 18.4 Å². The first-order valence-electron chi connectivity index (χ1n) is 5.81. The lowest BCUT2D eigenvalue weighted by Crippen LogP contribution is -2.44. The van der Waals surface area contributed by atoms with Crippen molar-refractivity contribution in [3.8, 4) is 11.5 Å². The summed E-state index contributed by atoms with van der Waals surface area (Å²) >= 11 is 0. The number of hydrogen-bond acceptors (Lipinski definition) is 4. The van der Waals surface area contributed by atoms with Crippen LogP contribution in [0.3, 0.4) is 0 Å². The third-order valence-electron chi connectivity index (χ3n) is 3.27. The molecule has 1 aromatic carbocycles. The lowest BCUT2D eigenvalue weighted by molar-refractivity contribution is -0.120. The van der Waals surface area contributed by atoms with Gasteiger partial charge in [0.1, 0.15) is 11.5 Å². The Balaban J connectivity index is 2.33. The molecule has 0 aromatic heterocycles. The summed E-state index contributed by atoms with van der Waals surface area (Å²) in [6.07, 6.45) is 1.48. The Kier molecular flexibility index (Phi) is 3.17. The molecule has 1 fully saturated rings. The second-order valence-corrected chi connectivity index (χ2v) is 4.56. The Labute approximate surface area is 106 Å². The summed E-state index contributed by atoms with van der Waals surface area (Å²) in [5.74, 6) is 1.21. The van der Waals surface area contributed by atoms with Gasteiger partial charge in [-0.25, -0.2) is 0 Å². The van der Waals surface area contributed by atoms with Crippen molar-refractivity contribution < 1.29 is 14.3 Å². The van der Waals surface area contributed by atoms with E-state index in [0.29, 0.717) is 17.2 Å². The van der Waals surface area contributed by atoms with Crippen LogP contribution < -0.4 is 20.1 Å². The summed E-state index contributed by atoms with van der Waals surface area (Å²) in [6.45, 7) is 0. The Bertz CT molecular complexity index is 469. The van der Waals surface area contributed by atoms with Crippen LogP contribution in [0.2, 0.25) is 0 Å². The van der Waals surface area contributed by atoms with Crippen molar-refractivity contribution in [1.29, 1.82) is 0 Å². The maximum absolute atomic E-state index is 12.2. The van der Waals surface area contributed by atoms with Crippen molar-refractivity contribution in [2.75, 3.05) is 26.2 Å². The first-order valence-corrected chi connectivity index (χ1v) is 5.81. The Morgan fingerprint density at radius 3 is 2.50 bits per heavy atom. The quantitative estimate of drug-likeness (QED) is 0.870. The molecule has 5 nitrogen and oxygen atoms in total. The molecular formula is C13H18N2O3. The SMILES string of the molecule is COc1ccc(OC)c(N(C)C(=O)C2(N)CC2)c1. The fourth-order valence-corrected chi connectivity index (χ4v) is 1.85. The number of nitrogens with zero attached hydrogens (tertiary/aromatic N) is 1. The van der Waals surface area contributed by atoms with E-state index in [-0.39, 0.29) is 5.91 Å². The molecule has 1 saturated carbocycles. The van der Waals surface area contributed by atoms with Gasteiger partial charge >= 0.3 is 0 Å². The number of amides is 1. The van der Waals surface area contributed by atoms with Gasteiger partial charge in [-0.3, -0.25) is 4.79 Å². The highest BCUT2D eigenvalue weighted by Crippen LogP contribution is 2.38.